The van der Waals surface area contributed by atoms with Crippen LogP contribution in [0.1, 0.15) is 0 Å². The van der Waals surface area contributed by atoms with Crippen molar-refractivity contribution in [3.8, 4) is 0 Å². The van der Waals surface area contributed by atoms with Gasteiger partial charge in [0.15, 0.2) is 0 Å². The number of ether oxygens (including phenoxy) is 1. The number of hydrogen-bond donors (Lipinski definition) is 1. The topological polar surface area (TPSA) is 58.2 Å². The summed E-state index contributed by atoms with van der Waals surface area (Å²) in [4.78, 5) is 19.8. The van der Waals surface area contributed by atoms with Crippen LogP contribution in [0.3, 0.4) is 0 Å². The van der Waals surface area contributed by atoms with Crippen molar-refractivity contribution in [2.45, 2.75) is 0 Å². The lowest BCUT2D eigenvalue weighted by molar-refractivity contribution is 0.122. The summed E-state index contributed by atoms with van der Waals surface area (Å²) in [5, 5.41) is 0.113. The third-order valence-electron chi connectivity index (χ3n) is 2.05. The highest BCUT2D eigenvalue weighted by Crippen LogP contribution is 2.08. The average molecular weight is 216 g/mol. The second-order valence-corrected chi connectivity index (χ2v) is 3.39. The van der Waals surface area contributed by atoms with Crippen LogP contribution in [0.2, 0.25) is 5.02 Å². The lowest BCUT2D eigenvalue weighted by Crippen LogP contribution is -2.38. The van der Waals surface area contributed by atoms with Crippen LogP contribution in [0, 0.1) is 0 Å². The Morgan fingerprint density at radius 2 is 2.21 bits per heavy atom. The molecule has 1 N–H and O–H groups in total. The number of nitrogens with zero attached hydrogens (tertiary/aromatic N) is 2. The van der Waals surface area contributed by atoms with Crippen LogP contribution in [0.15, 0.2) is 11.0 Å². The molecule has 0 spiro atoms. The molecule has 0 bridgehead atoms. The van der Waals surface area contributed by atoms with Crippen molar-refractivity contribution in [3.63, 3.8) is 0 Å². The number of halogens is 1. The van der Waals surface area contributed by atoms with Gasteiger partial charge in [0, 0.05) is 13.1 Å². The van der Waals surface area contributed by atoms with Gasteiger partial charge < -0.3 is 9.64 Å². The molecule has 6 heteroatoms. The molecule has 1 aromatic rings. The maximum absolute atomic E-state index is 11.2. The van der Waals surface area contributed by atoms with E-state index in [9.17, 15) is 4.79 Å². The fraction of sp³-hybridized carbons (Fsp3) is 0.500. The normalized spacial score (nSPS) is 17.1. The van der Waals surface area contributed by atoms with Crippen LogP contribution < -0.4 is 10.5 Å². The molecular formula is C8H10ClN3O2. The minimum absolute atomic E-state index is 0.113. The summed E-state index contributed by atoms with van der Waals surface area (Å²) in [6.07, 6.45) is 1.37. The fourth-order valence-electron chi connectivity index (χ4n) is 1.31. The molecule has 0 aliphatic carbocycles. The molecular weight excluding hydrogens is 206 g/mol. The maximum atomic E-state index is 11.2. The highest BCUT2D eigenvalue weighted by atomic mass is 35.5. The molecule has 76 valence electrons. The number of aromatic amines is 1. The molecule has 0 amide bonds. The van der Waals surface area contributed by atoms with Gasteiger partial charge in [-0.1, -0.05) is 11.6 Å². The lowest BCUT2D eigenvalue weighted by Gasteiger charge is -2.26. The SMILES string of the molecule is O=c1[nH]c(N2CCOCC2)ncc1Cl. The van der Waals surface area contributed by atoms with Crippen molar-refractivity contribution >= 4 is 17.5 Å². The van der Waals surface area contributed by atoms with Crippen molar-refractivity contribution in [3.05, 3.63) is 21.6 Å². The second kappa shape index (κ2) is 3.98. The first-order valence-corrected chi connectivity index (χ1v) is 4.72. The van der Waals surface area contributed by atoms with Crippen molar-refractivity contribution in [1.82, 2.24) is 9.97 Å². The summed E-state index contributed by atoms with van der Waals surface area (Å²) < 4.78 is 5.19. The summed E-state index contributed by atoms with van der Waals surface area (Å²) >= 11 is 5.57. The zero-order valence-electron chi connectivity index (χ0n) is 7.49. The van der Waals surface area contributed by atoms with Gasteiger partial charge >= 0.3 is 0 Å². The minimum Gasteiger partial charge on any atom is -0.378 e. The van der Waals surface area contributed by atoms with E-state index >= 15 is 0 Å². The van der Waals surface area contributed by atoms with Gasteiger partial charge in [-0.25, -0.2) is 4.98 Å². The van der Waals surface area contributed by atoms with Crippen molar-refractivity contribution in [1.29, 1.82) is 0 Å². The van der Waals surface area contributed by atoms with E-state index in [1.807, 2.05) is 4.90 Å². The van der Waals surface area contributed by atoms with Gasteiger partial charge in [0.1, 0.15) is 5.02 Å². The van der Waals surface area contributed by atoms with Gasteiger partial charge in [-0.2, -0.15) is 0 Å². The maximum Gasteiger partial charge on any atom is 0.271 e. The van der Waals surface area contributed by atoms with Crippen molar-refractivity contribution in [2.24, 2.45) is 0 Å². The molecule has 1 saturated heterocycles. The van der Waals surface area contributed by atoms with Crippen LogP contribution in [-0.4, -0.2) is 36.3 Å². The molecule has 2 heterocycles. The number of H-pyrrole nitrogens is 1. The standard InChI is InChI=1S/C8H10ClN3O2/c9-6-5-10-8(11-7(6)13)12-1-3-14-4-2-12/h5H,1-4H2,(H,10,11,13). The van der Waals surface area contributed by atoms with Crippen LogP contribution in [-0.2, 0) is 4.74 Å². The quantitative estimate of drug-likeness (QED) is 0.730. The number of nitrogens with one attached hydrogen (secondary N) is 1. The van der Waals surface area contributed by atoms with Gasteiger partial charge in [0.25, 0.3) is 5.56 Å². The molecule has 14 heavy (non-hydrogen) atoms. The zero-order valence-corrected chi connectivity index (χ0v) is 8.25. The molecule has 0 atom stereocenters. The second-order valence-electron chi connectivity index (χ2n) is 2.98. The number of morpholine rings is 1. The lowest BCUT2D eigenvalue weighted by atomic mass is 10.4. The van der Waals surface area contributed by atoms with Crippen LogP contribution in [0.4, 0.5) is 5.95 Å². The van der Waals surface area contributed by atoms with Crippen LogP contribution >= 0.6 is 11.6 Å². The smallest absolute Gasteiger partial charge is 0.271 e. The van der Waals surface area contributed by atoms with Crippen molar-refractivity contribution < 1.29 is 4.74 Å². The first-order valence-electron chi connectivity index (χ1n) is 4.35. The Bertz CT molecular complexity index is 373. The summed E-state index contributed by atoms with van der Waals surface area (Å²) in [6.45, 7) is 2.80. The Labute approximate surface area is 85.7 Å². The molecule has 1 aliphatic heterocycles. The number of hydrogen-bond acceptors (Lipinski definition) is 4. The number of aromatic nitrogens is 2. The predicted molar refractivity (Wildman–Crippen MR) is 52.9 cm³/mol. The van der Waals surface area contributed by atoms with Gasteiger partial charge in [0.05, 0.1) is 19.4 Å². The molecule has 0 saturated carbocycles. The Hall–Kier alpha value is -1.07. The first kappa shape index (κ1) is 9.48. The van der Waals surface area contributed by atoms with E-state index in [1.165, 1.54) is 6.20 Å². The monoisotopic (exact) mass is 215 g/mol. The van der Waals surface area contributed by atoms with E-state index in [0.717, 1.165) is 13.1 Å². The minimum atomic E-state index is -0.303. The predicted octanol–water partition coefficient (Wildman–Crippen LogP) is 0.260. The highest BCUT2D eigenvalue weighted by Gasteiger charge is 2.13. The zero-order chi connectivity index (χ0) is 9.97. The van der Waals surface area contributed by atoms with Gasteiger partial charge in [-0.3, -0.25) is 9.78 Å². The first-order chi connectivity index (χ1) is 6.77. The highest BCUT2D eigenvalue weighted by molar-refractivity contribution is 6.30. The molecule has 1 aliphatic rings. The Kier molecular flexibility index (Phi) is 2.69. The summed E-state index contributed by atoms with van der Waals surface area (Å²) in [5.41, 5.74) is -0.303. The van der Waals surface area contributed by atoms with Gasteiger partial charge in [-0.05, 0) is 0 Å². The van der Waals surface area contributed by atoms with E-state index in [2.05, 4.69) is 9.97 Å². The Morgan fingerprint density at radius 1 is 1.50 bits per heavy atom. The molecule has 0 aromatic carbocycles. The molecule has 0 radical (unpaired) electrons. The third-order valence-corrected chi connectivity index (χ3v) is 2.32. The molecule has 2 rings (SSSR count). The Morgan fingerprint density at radius 3 is 2.86 bits per heavy atom. The fourth-order valence-corrected chi connectivity index (χ4v) is 1.40. The van der Waals surface area contributed by atoms with E-state index in [0.29, 0.717) is 19.2 Å². The Balaban J connectivity index is 2.23. The molecule has 1 fully saturated rings. The van der Waals surface area contributed by atoms with Crippen LogP contribution in [0.5, 0.6) is 0 Å². The van der Waals surface area contributed by atoms with Gasteiger partial charge in [-0.15, -0.1) is 0 Å². The largest absolute Gasteiger partial charge is 0.378 e. The van der Waals surface area contributed by atoms with E-state index in [4.69, 9.17) is 16.3 Å². The number of rotatable bonds is 1. The molecule has 1 aromatic heterocycles. The third kappa shape index (κ3) is 1.88. The molecule has 0 unspecified atom stereocenters. The van der Waals surface area contributed by atoms with Crippen molar-refractivity contribution in [2.75, 3.05) is 31.2 Å². The summed E-state index contributed by atoms with van der Waals surface area (Å²) in [7, 11) is 0. The van der Waals surface area contributed by atoms with E-state index < -0.39 is 0 Å². The summed E-state index contributed by atoms with van der Waals surface area (Å²) in [5.74, 6) is 0.558. The summed E-state index contributed by atoms with van der Waals surface area (Å²) in [6, 6.07) is 0. The average Bonchev–Trinajstić information content (AvgIpc) is 2.23. The van der Waals surface area contributed by atoms with E-state index in [1.54, 1.807) is 0 Å². The van der Waals surface area contributed by atoms with Crippen LogP contribution in [0.25, 0.3) is 0 Å². The van der Waals surface area contributed by atoms with Gasteiger partial charge in [0.2, 0.25) is 5.95 Å². The molecule has 5 nitrogen and oxygen atoms in total. The number of anilines is 1. The van der Waals surface area contributed by atoms with E-state index in [-0.39, 0.29) is 10.6 Å².